The SMILES string of the molecule is CC(O)O.CCOc1cc(Cl)c(Cl)cc1Cl.[Na+]. The molecule has 0 aromatic heterocycles. The first-order chi connectivity index (χ1) is 7.38. The molecular formula is C10H13Cl3NaO3+. The van der Waals surface area contributed by atoms with E-state index in [1.54, 1.807) is 12.1 Å². The Morgan fingerprint density at radius 2 is 1.53 bits per heavy atom. The third kappa shape index (κ3) is 9.40. The van der Waals surface area contributed by atoms with Gasteiger partial charge in [0.25, 0.3) is 0 Å². The van der Waals surface area contributed by atoms with E-state index >= 15 is 0 Å². The molecule has 0 atom stereocenters. The molecule has 3 nitrogen and oxygen atoms in total. The number of ether oxygens (including phenoxy) is 1. The Bertz CT molecular complexity index is 332. The average molecular weight is 311 g/mol. The molecule has 2 N–H and O–H groups in total. The molecule has 0 bridgehead atoms. The normalized spacial score (nSPS) is 9.18. The van der Waals surface area contributed by atoms with Crippen molar-refractivity contribution in [3.63, 3.8) is 0 Å². The summed E-state index contributed by atoms with van der Waals surface area (Å²) in [6, 6.07) is 3.17. The molecule has 1 aromatic rings. The summed E-state index contributed by atoms with van der Waals surface area (Å²) in [5, 5.41) is 16.6. The number of hydrogen-bond donors (Lipinski definition) is 2. The molecule has 0 amide bonds. The van der Waals surface area contributed by atoms with E-state index in [1.807, 2.05) is 6.92 Å². The molecule has 7 heteroatoms. The smallest absolute Gasteiger partial charge is 0.492 e. The van der Waals surface area contributed by atoms with Gasteiger partial charge in [0.2, 0.25) is 0 Å². The first kappa shape index (κ1) is 20.1. The van der Waals surface area contributed by atoms with Gasteiger partial charge in [-0.15, -0.1) is 0 Å². The van der Waals surface area contributed by atoms with Crippen LogP contribution in [0.5, 0.6) is 5.75 Å². The predicted molar refractivity (Wildman–Crippen MR) is 66.5 cm³/mol. The van der Waals surface area contributed by atoms with Crippen LogP contribution in [0.4, 0.5) is 0 Å². The number of halogens is 3. The van der Waals surface area contributed by atoms with Crippen LogP contribution in [0, 0.1) is 0 Å². The Hall–Kier alpha value is 0.810. The molecule has 0 aliphatic rings. The second kappa shape index (κ2) is 10.7. The summed E-state index contributed by atoms with van der Waals surface area (Å²) in [6.45, 7) is 3.70. The van der Waals surface area contributed by atoms with E-state index in [-0.39, 0.29) is 29.6 Å². The Labute approximate surface area is 138 Å². The van der Waals surface area contributed by atoms with Crippen LogP contribution in [0.15, 0.2) is 12.1 Å². The topological polar surface area (TPSA) is 49.7 Å². The van der Waals surface area contributed by atoms with E-state index in [0.29, 0.717) is 27.4 Å². The predicted octanol–water partition coefficient (Wildman–Crippen LogP) is 0.367. The number of rotatable bonds is 2. The van der Waals surface area contributed by atoms with Crippen molar-refractivity contribution in [2.45, 2.75) is 20.1 Å². The van der Waals surface area contributed by atoms with E-state index < -0.39 is 6.29 Å². The number of aliphatic hydroxyl groups excluding tert-OH is 1. The summed E-state index contributed by atoms with van der Waals surface area (Å²) in [5.41, 5.74) is 0. The molecule has 0 spiro atoms. The maximum atomic E-state index is 7.61. The zero-order valence-electron chi connectivity index (χ0n) is 9.88. The number of aliphatic hydroxyl groups is 2. The van der Waals surface area contributed by atoms with Crippen LogP contribution in [0.25, 0.3) is 0 Å². The zero-order chi connectivity index (χ0) is 12.7. The van der Waals surface area contributed by atoms with Gasteiger partial charge in [-0.1, -0.05) is 34.8 Å². The van der Waals surface area contributed by atoms with Gasteiger partial charge in [-0.25, -0.2) is 0 Å². The Balaban J connectivity index is 0. The number of hydrogen-bond acceptors (Lipinski definition) is 3. The average Bonchev–Trinajstić information content (AvgIpc) is 2.13. The van der Waals surface area contributed by atoms with Crippen LogP contribution in [0.2, 0.25) is 15.1 Å². The molecular weight excluding hydrogens is 297 g/mol. The quantitative estimate of drug-likeness (QED) is 0.471. The van der Waals surface area contributed by atoms with Gasteiger partial charge >= 0.3 is 29.6 Å². The minimum Gasteiger partial charge on any atom is -0.492 e. The summed E-state index contributed by atoms with van der Waals surface area (Å²) in [5.74, 6) is 0.563. The van der Waals surface area contributed by atoms with Gasteiger partial charge in [0.15, 0.2) is 0 Å². The molecule has 0 saturated carbocycles. The maximum absolute atomic E-state index is 7.61. The van der Waals surface area contributed by atoms with Crippen molar-refractivity contribution in [1.29, 1.82) is 0 Å². The van der Waals surface area contributed by atoms with Gasteiger partial charge in [0.05, 0.1) is 21.7 Å². The van der Waals surface area contributed by atoms with Crippen LogP contribution in [-0.4, -0.2) is 23.1 Å². The van der Waals surface area contributed by atoms with E-state index in [9.17, 15) is 0 Å². The Morgan fingerprint density at radius 3 is 1.94 bits per heavy atom. The van der Waals surface area contributed by atoms with Crippen LogP contribution in [-0.2, 0) is 0 Å². The summed E-state index contributed by atoms with van der Waals surface area (Å²) in [7, 11) is 0. The largest absolute Gasteiger partial charge is 1.00 e. The van der Waals surface area contributed by atoms with Crippen molar-refractivity contribution in [3.05, 3.63) is 27.2 Å². The minimum absolute atomic E-state index is 0. The van der Waals surface area contributed by atoms with E-state index in [2.05, 4.69) is 0 Å². The van der Waals surface area contributed by atoms with Crippen molar-refractivity contribution in [2.75, 3.05) is 6.61 Å². The third-order valence-electron chi connectivity index (χ3n) is 1.27. The van der Waals surface area contributed by atoms with Gasteiger partial charge in [-0.3, -0.25) is 0 Å². The van der Waals surface area contributed by atoms with Crippen LogP contribution < -0.4 is 34.3 Å². The second-order valence-corrected chi connectivity index (χ2v) is 3.98. The molecule has 0 saturated heterocycles. The van der Waals surface area contributed by atoms with Gasteiger partial charge in [0, 0.05) is 6.07 Å². The van der Waals surface area contributed by atoms with Gasteiger partial charge in [-0.2, -0.15) is 0 Å². The van der Waals surface area contributed by atoms with Crippen LogP contribution in [0.1, 0.15) is 13.8 Å². The first-order valence-corrected chi connectivity index (χ1v) is 5.65. The van der Waals surface area contributed by atoms with Crippen molar-refractivity contribution < 1.29 is 44.5 Å². The molecule has 17 heavy (non-hydrogen) atoms. The van der Waals surface area contributed by atoms with Crippen molar-refractivity contribution in [2.24, 2.45) is 0 Å². The van der Waals surface area contributed by atoms with Crippen molar-refractivity contribution in [1.82, 2.24) is 0 Å². The van der Waals surface area contributed by atoms with Crippen LogP contribution >= 0.6 is 34.8 Å². The maximum Gasteiger partial charge on any atom is 1.00 e. The molecule has 1 aromatic carbocycles. The van der Waals surface area contributed by atoms with E-state index in [0.717, 1.165) is 0 Å². The van der Waals surface area contributed by atoms with Gasteiger partial charge in [-0.05, 0) is 19.9 Å². The molecule has 92 valence electrons. The summed E-state index contributed by atoms with van der Waals surface area (Å²) in [6.07, 6.45) is -1.17. The summed E-state index contributed by atoms with van der Waals surface area (Å²) < 4.78 is 5.20. The molecule has 0 aliphatic carbocycles. The van der Waals surface area contributed by atoms with E-state index in [4.69, 9.17) is 49.8 Å². The molecule has 0 aliphatic heterocycles. The fraction of sp³-hybridized carbons (Fsp3) is 0.400. The molecule has 1 rings (SSSR count). The summed E-state index contributed by atoms with van der Waals surface area (Å²) in [4.78, 5) is 0. The van der Waals surface area contributed by atoms with Crippen molar-refractivity contribution in [3.8, 4) is 5.75 Å². The third-order valence-corrected chi connectivity index (χ3v) is 2.29. The second-order valence-electron chi connectivity index (χ2n) is 2.76. The van der Waals surface area contributed by atoms with Crippen LogP contribution in [0.3, 0.4) is 0 Å². The fourth-order valence-electron chi connectivity index (χ4n) is 0.770. The fourth-order valence-corrected chi connectivity index (χ4v) is 1.36. The van der Waals surface area contributed by atoms with E-state index in [1.165, 1.54) is 6.92 Å². The Morgan fingerprint density at radius 1 is 1.12 bits per heavy atom. The zero-order valence-corrected chi connectivity index (χ0v) is 14.1. The van der Waals surface area contributed by atoms with Gasteiger partial charge in [0.1, 0.15) is 12.0 Å². The molecule has 0 unspecified atom stereocenters. The molecule has 0 heterocycles. The van der Waals surface area contributed by atoms with Crippen molar-refractivity contribution >= 4 is 34.8 Å². The standard InChI is InChI=1S/C8H7Cl3O.C2H6O2.Na/c1-2-12-8-4-6(10)5(9)3-7(8)11;1-2(3)4;/h3-4H,2H2,1H3;2-4H,1H3;/q;;+1. The summed E-state index contributed by atoms with van der Waals surface area (Å²) >= 11 is 17.3. The molecule has 0 fully saturated rings. The Kier molecular flexibility index (Phi) is 12.7. The first-order valence-electron chi connectivity index (χ1n) is 4.52. The monoisotopic (exact) mass is 309 g/mol. The number of benzene rings is 1. The minimum atomic E-state index is -1.17. The van der Waals surface area contributed by atoms with Gasteiger partial charge < -0.3 is 14.9 Å². The molecule has 0 radical (unpaired) electrons.